The molecular formula is C17H21ClFN3S. The van der Waals surface area contributed by atoms with Crippen LogP contribution in [0.3, 0.4) is 0 Å². The van der Waals surface area contributed by atoms with Gasteiger partial charge in [-0.05, 0) is 43.7 Å². The molecule has 3 nitrogen and oxygen atoms in total. The maximum Gasteiger partial charge on any atom is 0.149 e. The minimum atomic E-state index is -1.23. The van der Waals surface area contributed by atoms with Crippen LogP contribution in [-0.4, -0.2) is 15.7 Å². The molecule has 0 saturated heterocycles. The first-order valence-corrected chi connectivity index (χ1v) is 9.03. The van der Waals surface area contributed by atoms with E-state index >= 15 is 0 Å². The predicted octanol–water partition coefficient (Wildman–Crippen LogP) is 5.84. The molecule has 124 valence electrons. The molecule has 2 unspecified atom stereocenters. The number of benzene rings is 1. The Hall–Kier alpha value is -1.33. The molecule has 0 fully saturated rings. The van der Waals surface area contributed by atoms with Gasteiger partial charge in [0.1, 0.15) is 23.3 Å². The first-order chi connectivity index (χ1) is 11.0. The van der Waals surface area contributed by atoms with E-state index in [1.165, 1.54) is 18.1 Å². The summed E-state index contributed by atoms with van der Waals surface area (Å²) in [6, 6.07) is 8.41. The third-order valence-corrected chi connectivity index (χ3v) is 4.99. The van der Waals surface area contributed by atoms with Crippen LogP contribution in [0.25, 0.3) is 0 Å². The van der Waals surface area contributed by atoms with Crippen molar-refractivity contribution in [2.45, 2.75) is 44.3 Å². The van der Waals surface area contributed by atoms with Crippen molar-refractivity contribution in [2.75, 3.05) is 11.1 Å². The van der Waals surface area contributed by atoms with Gasteiger partial charge < -0.3 is 5.32 Å². The summed E-state index contributed by atoms with van der Waals surface area (Å²) in [4.78, 5) is 9.28. The number of alkyl halides is 1. The highest BCUT2D eigenvalue weighted by Gasteiger charge is 2.16. The molecule has 0 aliphatic rings. The van der Waals surface area contributed by atoms with Crippen LogP contribution >= 0.6 is 23.4 Å². The molecular weight excluding hydrogens is 333 g/mol. The smallest absolute Gasteiger partial charge is 0.149 e. The lowest BCUT2D eigenvalue weighted by atomic mass is 10.1. The summed E-state index contributed by atoms with van der Waals surface area (Å²) < 4.78 is 13.5. The first kappa shape index (κ1) is 18.0. The Morgan fingerprint density at radius 2 is 1.91 bits per heavy atom. The van der Waals surface area contributed by atoms with Gasteiger partial charge in [-0.2, -0.15) is 0 Å². The lowest BCUT2D eigenvalue weighted by Gasteiger charge is -2.17. The number of thioether (sulfide) groups is 1. The van der Waals surface area contributed by atoms with Crippen molar-refractivity contribution in [3.63, 3.8) is 0 Å². The van der Waals surface area contributed by atoms with E-state index in [1.807, 2.05) is 18.7 Å². The normalized spacial score (nSPS) is 13.6. The fourth-order valence-corrected chi connectivity index (χ4v) is 3.19. The largest absolute Gasteiger partial charge is 0.362 e. The van der Waals surface area contributed by atoms with Gasteiger partial charge in [0.05, 0.1) is 5.69 Å². The Morgan fingerprint density at radius 1 is 1.22 bits per heavy atom. The minimum absolute atomic E-state index is 0.00962. The van der Waals surface area contributed by atoms with Gasteiger partial charge in [0.2, 0.25) is 0 Å². The van der Waals surface area contributed by atoms with E-state index in [0.717, 1.165) is 17.7 Å². The molecule has 1 N–H and O–H groups in total. The zero-order valence-electron chi connectivity index (χ0n) is 13.5. The van der Waals surface area contributed by atoms with Crippen molar-refractivity contribution in [3.05, 3.63) is 46.9 Å². The molecule has 0 aliphatic carbocycles. The number of rotatable bonds is 7. The number of hydrogen-bond acceptors (Lipinski definition) is 4. The second-order valence-corrected chi connectivity index (χ2v) is 6.87. The average molecular weight is 354 g/mol. The van der Waals surface area contributed by atoms with E-state index in [1.54, 1.807) is 0 Å². The van der Waals surface area contributed by atoms with Gasteiger partial charge >= 0.3 is 0 Å². The number of nitrogens with zero attached hydrogens (tertiary/aromatic N) is 2. The quantitative estimate of drug-likeness (QED) is 0.635. The number of nitrogens with one attached hydrogen (secondary N) is 1. The van der Waals surface area contributed by atoms with Crippen molar-refractivity contribution in [1.29, 1.82) is 0 Å². The molecule has 1 aromatic carbocycles. The molecule has 0 bridgehead atoms. The second kappa shape index (κ2) is 8.50. The molecule has 2 aromatic rings. The average Bonchev–Trinajstić information content (AvgIpc) is 2.55. The van der Waals surface area contributed by atoms with Crippen LogP contribution in [0, 0.1) is 0 Å². The van der Waals surface area contributed by atoms with Crippen molar-refractivity contribution in [2.24, 2.45) is 0 Å². The molecule has 0 amide bonds. The third kappa shape index (κ3) is 4.82. The van der Waals surface area contributed by atoms with Crippen molar-refractivity contribution in [3.8, 4) is 0 Å². The van der Waals surface area contributed by atoms with Crippen LogP contribution in [0.15, 0.2) is 35.5 Å². The summed E-state index contributed by atoms with van der Waals surface area (Å²) >= 11 is 8.04. The molecule has 6 heteroatoms. The molecule has 1 heterocycles. The second-order valence-electron chi connectivity index (χ2n) is 5.32. The molecule has 0 saturated carbocycles. The Balaban J connectivity index is 2.10. The fraction of sp³-hybridized carbons (Fsp3) is 0.412. The van der Waals surface area contributed by atoms with Gasteiger partial charge in [-0.1, -0.05) is 30.7 Å². The maximum absolute atomic E-state index is 13.5. The van der Waals surface area contributed by atoms with Gasteiger partial charge in [-0.25, -0.2) is 14.4 Å². The zero-order chi connectivity index (χ0) is 16.8. The zero-order valence-corrected chi connectivity index (χ0v) is 15.1. The van der Waals surface area contributed by atoms with Gasteiger partial charge in [0, 0.05) is 10.9 Å². The summed E-state index contributed by atoms with van der Waals surface area (Å²) in [5.74, 6) is 1.58. The van der Waals surface area contributed by atoms with Crippen molar-refractivity contribution < 1.29 is 4.39 Å². The van der Waals surface area contributed by atoms with E-state index in [-0.39, 0.29) is 16.8 Å². The van der Waals surface area contributed by atoms with Crippen LogP contribution < -0.4 is 5.32 Å². The third-order valence-electron chi connectivity index (χ3n) is 3.40. The van der Waals surface area contributed by atoms with E-state index < -0.39 is 6.17 Å². The van der Waals surface area contributed by atoms with Crippen LogP contribution in [0.5, 0.6) is 0 Å². The van der Waals surface area contributed by atoms with Crippen molar-refractivity contribution >= 4 is 29.2 Å². The van der Waals surface area contributed by atoms with Gasteiger partial charge in [0.25, 0.3) is 0 Å². The summed E-state index contributed by atoms with van der Waals surface area (Å²) in [5, 5.41) is 3.47. The number of halogens is 2. The lowest BCUT2D eigenvalue weighted by Crippen LogP contribution is -2.10. The van der Waals surface area contributed by atoms with Crippen LogP contribution in [0.4, 0.5) is 10.2 Å². The Labute approximate surface area is 146 Å². The molecule has 1 aromatic heterocycles. The SMILES string of the molecule is CCCSc1ccc(C(C)Nc2ncnc(C(C)F)c2Cl)cc1. The van der Waals surface area contributed by atoms with E-state index in [2.05, 4.69) is 46.5 Å². The Morgan fingerprint density at radius 3 is 2.52 bits per heavy atom. The highest BCUT2D eigenvalue weighted by molar-refractivity contribution is 7.99. The standard InChI is InChI=1S/C17H21ClFN3S/c1-4-9-23-14-7-5-13(6-8-14)12(3)22-17-15(18)16(11(2)19)20-10-21-17/h5-8,10-12H,4,9H2,1-3H3,(H,20,21,22). The highest BCUT2D eigenvalue weighted by atomic mass is 35.5. The monoisotopic (exact) mass is 353 g/mol. The van der Waals surface area contributed by atoms with Crippen molar-refractivity contribution in [1.82, 2.24) is 9.97 Å². The summed E-state index contributed by atoms with van der Waals surface area (Å²) in [6.45, 7) is 5.60. The van der Waals surface area contributed by atoms with Gasteiger partial charge in [-0.3, -0.25) is 0 Å². The van der Waals surface area contributed by atoms with Gasteiger partial charge in [-0.15, -0.1) is 11.8 Å². The molecule has 0 radical (unpaired) electrons. The predicted molar refractivity (Wildman–Crippen MR) is 96.1 cm³/mol. The fourth-order valence-electron chi connectivity index (χ4n) is 2.12. The van der Waals surface area contributed by atoms with E-state index in [9.17, 15) is 4.39 Å². The number of anilines is 1. The summed E-state index contributed by atoms with van der Waals surface area (Å²) in [5.41, 5.74) is 1.33. The highest BCUT2D eigenvalue weighted by Crippen LogP contribution is 2.30. The first-order valence-electron chi connectivity index (χ1n) is 7.66. The summed E-state index contributed by atoms with van der Waals surface area (Å²) in [6.07, 6.45) is 1.26. The van der Waals surface area contributed by atoms with Crippen LogP contribution in [-0.2, 0) is 0 Å². The Bertz CT molecular complexity index is 634. The topological polar surface area (TPSA) is 37.8 Å². The molecule has 0 aliphatic heterocycles. The lowest BCUT2D eigenvalue weighted by molar-refractivity contribution is 0.365. The number of aromatic nitrogens is 2. The molecule has 2 atom stereocenters. The summed E-state index contributed by atoms with van der Waals surface area (Å²) in [7, 11) is 0. The maximum atomic E-state index is 13.5. The molecule has 23 heavy (non-hydrogen) atoms. The molecule has 2 rings (SSSR count). The molecule has 0 spiro atoms. The van der Waals surface area contributed by atoms with E-state index in [0.29, 0.717) is 5.82 Å². The Kier molecular flexibility index (Phi) is 6.66. The van der Waals surface area contributed by atoms with E-state index in [4.69, 9.17) is 11.6 Å². The van der Waals surface area contributed by atoms with Crippen LogP contribution in [0.1, 0.15) is 50.7 Å². The van der Waals surface area contributed by atoms with Gasteiger partial charge in [0.15, 0.2) is 0 Å². The minimum Gasteiger partial charge on any atom is -0.362 e. The van der Waals surface area contributed by atoms with Crippen LogP contribution in [0.2, 0.25) is 5.02 Å². The number of hydrogen-bond donors (Lipinski definition) is 1.